The van der Waals surface area contributed by atoms with Gasteiger partial charge in [-0.05, 0) is 94.0 Å². The third-order valence-corrected chi connectivity index (χ3v) is 10.4. The molecule has 0 fully saturated rings. The smallest absolute Gasteiger partial charge is 0.139 e. The molecule has 0 aliphatic rings. The normalized spacial score (nSPS) is 11.9. The molecule has 0 atom stereocenters. The van der Waals surface area contributed by atoms with Crippen molar-refractivity contribution in [3.8, 4) is 39.1 Å². The Kier molecular flexibility index (Phi) is 5.96. The summed E-state index contributed by atoms with van der Waals surface area (Å²) in [7, 11) is 0. The monoisotopic (exact) mass is 651 g/mol. The highest BCUT2D eigenvalue weighted by Crippen LogP contribution is 2.40. The lowest BCUT2D eigenvalue weighted by atomic mass is 9.97. The molecule has 3 aromatic heterocycles. The highest BCUT2D eigenvalue weighted by molar-refractivity contribution is 6.16. The summed E-state index contributed by atoms with van der Waals surface area (Å²) >= 11 is 0. The van der Waals surface area contributed by atoms with Crippen LogP contribution >= 0.6 is 0 Å². The van der Waals surface area contributed by atoms with Crippen molar-refractivity contribution in [3.05, 3.63) is 176 Å². The second kappa shape index (κ2) is 10.8. The maximum absolute atomic E-state index is 6.38. The molecule has 3 heteroatoms. The zero-order valence-electron chi connectivity index (χ0n) is 27.5. The lowest BCUT2D eigenvalue weighted by Gasteiger charge is -2.09. The van der Waals surface area contributed by atoms with E-state index in [0.717, 1.165) is 66.3 Å². The van der Waals surface area contributed by atoms with Gasteiger partial charge in [0.05, 0.1) is 11.0 Å². The highest BCUT2D eigenvalue weighted by atomic mass is 16.3. The van der Waals surface area contributed by atoms with Gasteiger partial charge in [0.15, 0.2) is 0 Å². The number of para-hydroxylation sites is 2. The zero-order valence-corrected chi connectivity index (χ0v) is 27.5. The largest absolute Gasteiger partial charge is 0.456 e. The van der Waals surface area contributed by atoms with Crippen molar-refractivity contribution in [3.63, 3.8) is 0 Å². The lowest BCUT2D eigenvalue weighted by Crippen LogP contribution is -1.93. The molecule has 0 amide bonds. The first-order valence-corrected chi connectivity index (χ1v) is 17.3. The molecule has 51 heavy (non-hydrogen) atoms. The fourth-order valence-electron chi connectivity index (χ4n) is 7.92. The van der Waals surface area contributed by atoms with Gasteiger partial charge < -0.3 is 13.4 Å². The molecule has 0 N–H and O–H groups in total. The van der Waals surface area contributed by atoms with E-state index in [9.17, 15) is 0 Å². The number of hydrogen-bond donors (Lipinski definition) is 0. The Morgan fingerprint density at radius 2 is 0.725 bits per heavy atom. The van der Waals surface area contributed by atoms with Gasteiger partial charge in [0.25, 0.3) is 0 Å². The predicted molar refractivity (Wildman–Crippen MR) is 212 cm³/mol. The van der Waals surface area contributed by atoms with Gasteiger partial charge in [-0.1, -0.05) is 109 Å². The molecule has 0 radical (unpaired) electrons. The first-order valence-electron chi connectivity index (χ1n) is 17.3. The molecular weight excluding hydrogens is 623 g/mol. The number of rotatable bonds is 4. The Morgan fingerprint density at radius 3 is 1.35 bits per heavy atom. The Labute approximate surface area is 293 Å². The number of benzene rings is 8. The molecule has 0 spiro atoms. The first-order chi connectivity index (χ1) is 25.2. The molecule has 8 aromatic carbocycles. The van der Waals surface area contributed by atoms with Gasteiger partial charge in [-0.2, -0.15) is 0 Å². The quantitative estimate of drug-likeness (QED) is 0.190. The van der Waals surface area contributed by atoms with Gasteiger partial charge in [-0.15, -0.1) is 0 Å². The van der Waals surface area contributed by atoms with E-state index in [-0.39, 0.29) is 0 Å². The van der Waals surface area contributed by atoms with Crippen LogP contribution in [0.15, 0.2) is 185 Å². The molecule has 11 rings (SSSR count). The summed E-state index contributed by atoms with van der Waals surface area (Å²) in [6.07, 6.45) is 0. The Morgan fingerprint density at radius 1 is 0.275 bits per heavy atom. The van der Waals surface area contributed by atoms with E-state index < -0.39 is 0 Å². The number of nitrogens with zero attached hydrogens (tertiary/aromatic N) is 1. The minimum Gasteiger partial charge on any atom is -0.456 e. The fourth-order valence-corrected chi connectivity index (χ4v) is 7.92. The molecule has 0 unspecified atom stereocenters. The van der Waals surface area contributed by atoms with Crippen LogP contribution in [0.4, 0.5) is 0 Å². The average molecular weight is 652 g/mol. The van der Waals surface area contributed by atoms with E-state index in [2.05, 4.69) is 174 Å². The van der Waals surface area contributed by atoms with E-state index >= 15 is 0 Å². The summed E-state index contributed by atoms with van der Waals surface area (Å²) < 4.78 is 15.1. The van der Waals surface area contributed by atoms with Crippen LogP contribution in [0.5, 0.6) is 0 Å². The molecule has 0 bridgehead atoms. The molecule has 0 saturated carbocycles. The lowest BCUT2D eigenvalue weighted by molar-refractivity contribution is 0.656. The van der Waals surface area contributed by atoms with E-state index in [1.54, 1.807) is 0 Å². The van der Waals surface area contributed by atoms with Gasteiger partial charge in [0.1, 0.15) is 22.3 Å². The molecule has 3 heterocycles. The van der Waals surface area contributed by atoms with Crippen LogP contribution in [0.1, 0.15) is 0 Å². The summed E-state index contributed by atoms with van der Waals surface area (Å²) in [5, 5.41) is 6.89. The van der Waals surface area contributed by atoms with Crippen molar-refractivity contribution in [2.24, 2.45) is 0 Å². The number of furan rings is 2. The molecule has 0 aliphatic heterocycles. The minimum absolute atomic E-state index is 0.825. The third kappa shape index (κ3) is 4.38. The predicted octanol–water partition coefficient (Wildman–Crippen LogP) is 13.6. The molecule has 3 nitrogen and oxygen atoms in total. The van der Waals surface area contributed by atoms with Gasteiger partial charge >= 0.3 is 0 Å². The Bertz CT molecular complexity index is 3070. The Hall–Kier alpha value is -6.84. The van der Waals surface area contributed by atoms with Crippen LogP contribution < -0.4 is 0 Å². The second-order valence-corrected chi connectivity index (χ2v) is 13.3. The summed E-state index contributed by atoms with van der Waals surface area (Å²) in [6, 6.07) is 62.7. The van der Waals surface area contributed by atoms with E-state index in [0.29, 0.717) is 0 Å². The van der Waals surface area contributed by atoms with Crippen LogP contribution in [0.25, 0.3) is 105 Å². The van der Waals surface area contributed by atoms with Gasteiger partial charge in [-0.25, -0.2) is 0 Å². The SMILES string of the molecule is c1ccc(-c2cccc(-c3ccc4oc5cc6oc7ccc(-c8ccc(-n9c%10ccccc%10c%10ccccc%109)cc8)cc7c6cc5c4c3)c2)cc1. The molecule has 11 aromatic rings. The minimum atomic E-state index is 0.825. The molecule has 238 valence electrons. The van der Waals surface area contributed by atoms with E-state index in [1.165, 1.54) is 38.5 Å². The Balaban J connectivity index is 0.998. The number of aromatic nitrogens is 1. The maximum Gasteiger partial charge on any atom is 0.139 e. The van der Waals surface area contributed by atoms with E-state index in [4.69, 9.17) is 8.83 Å². The topological polar surface area (TPSA) is 31.2 Å². The van der Waals surface area contributed by atoms with Crippen LogP contribution in [-0.4, -0.2) is 4.57 Å². The second-order valence-electron chi connectivity index (χ2n) is 13.3. The summed E-state index contributed by atoms with van der Waals surface area (Å²) in [5.74, 6) is 0. The van der Waals surface area contributed by atoms with Gasteiger partial charge in [-0.3, -0.25) is 0 Å². The third-order valence-electron chi connectivity index (χ3n) is 10.4. The van der Waals surface area contributed by atoms with Crippen LogP contribution in [0.2, 0.25) is 0 Å². The first kappa shape index (κ1) is 28.0. The standard InChI is InChI=1S/C48H29NO2/c1-2-9-30(10-3-1)32-11-8-12-33(25-32)35-20-24-46-40(27-35)42-28-41-39-26-34(19-23-45(39)50-47(41)29-48(42)51-46)31-17-21-36(22-18-31)49-43-15-6-4-13-37(43)38-14-5-7-16-44(38)49/h1-29H. The summed E-state index contributed by atoms with van der Waals surface area (Å²) in [6.45, 7) is 0. The van der Waals surface area contributed by atoms with Crippen molar-refractivity contribution in [2.75, 3.05) is 0 Å². The fraction of sp³-hybridized carbons (Fsp3) is 0. The zero-order chi connectivity index (χ0) is 33.5. The highest BCUT2D eigenvalue weighted by Gasteiger charge is 2.16. The van der Waals surface area contributed by atoms with Crippen molar-refractivity contribution in [1.29, 1.82) is 0 Å². The van der Waals surface area contributed by atoms with E-state index in [1.807, 2.05) is 6.07 Å². The molecule has 0 saturated heterocycles. The number of hydrogen-bond acceptors (Lipinski definition) is 2. The molecular formula is C48H29NO2. The van der Waals surface area contributed by atoms with Crippen LogP contribution in [0.3, 0.4) is 0 Å². The van der Waals surface area contributed by atoms with Gasteiger partial charge in [0.2, 0.25) is 0 Å². The summed E-state index contributed by atoms with van der Waals surface area (Å²) in [4.78, 5) is 0. The van der Waals surface area contributed by atoms with Crippen molar-refractivity contribution in [2.45, 2.75) is 0 Å². The van der Waals surface area contributed by atoms with Gasteiger partial charge in [0, 0.05) is 44.1 Å². The van der Waals surface area contributed by atoms with Crippen molar-refractivity contribution >= 4 is 65.7 Å². The molecule has 0 aliphatic carbocycles. The maximum atomic E-state index is 6.38. The average Bonchev–Trinajstić information content (AvgIpc) is 3.85. The van der Waals surface area contributed by atoms with Crippen LogP contribution in [-0.2, 0) is 0 Å². The van der Waals surface area contributed by atoms with Crippen molar-refractivity contribution in [1.82, 2.24) is 4.57 Å². The van der Waals surface area contributed by atoms with Crippen molar-refractivity contribution < 1.29 is 8.83 Å². The summed E-state index contributed by atoms with van der Waals surface area (Å²) in [5.41, 5.74) is 14.0. The number of fused-ring (bicyclic) bond motifs is 9. The van der Waals surface area contributed by atoms with Crippen LogP contribution in [0, 0.1) is 0 Å².